The van der Waals surface area contributed by atoms with Crippen molar-refractivity contribution in [1.82, 2.24) is 29.4 Å². The molecule has 3 aromatic rings. The second kappa shape index (κ2) is 11.6. The average molecular weight is 628 g/mol. The van der Waals surface area contributed by atoms with Crippen LogP contribution in [-0.4, -0.2) is 90.1 Å². The molecule has 0 spiro atoms. The topological polar surface area (TPSA) is 119 Å². The number of thiazole rings is 1. The summed E-state index contributed by atoms with van der Waals surface area (Å²) < 4.78 is 28.7. The van der Waals surface area contributed by atoms with Gasteiger partial charge in [-0.1, -0.05) is 11.6 Å². The normalized spacial score (nSPS) is 20.2. The Morgan fingerprint density at radius 2 is 2.00 bits per heavy atom. The molecule has 2 N–H and O–H groups in total. The Morgan fingerprint density at radius 1 is 1.20 bits per heavy atom. The predicted octanol–water partition coefficient (Wildman–Crippen LogP) is 3.12. The summed E-state index contributed by atoms with van der Waals surface area (Å²) in [7, 11) is -1.79. The van der Waals surface area contributed by atoms with Crippen molar-refractivity contribution >= 4 is 68.1 Å². The minimum absolute atomic E-state index is 0. The van der Waals surface area contributed by atoms with Gasteiger partial charge in [0.05, 0.1) is 5.69 Å². The zero-order chi connectivity index (χ0) is 27.3. The number of hydrogen-bond donors (Lipinski definition) is 2. The van der Waals surface area contributed by atoms with Gasteiger partial charge in [0.1, 0.15) is 5.03 Å². The van der Waals surface area contributed by atoms with Gasteiger partial charge in [-0.2, -0.15) is 4.31 Å². The highest BCUT2D eigenvalue weighted by Crippen LogP contribution is 2.30. The lowest BCUT2D eigenvalue weighted by Gasteiger charge is -2.40. The van der Waals surface area contributed by atoms with Crippen molar-refractivity contribution in [2.75, 3.05) is 39.8 Å². The highest BCUT2D eigenvalue weighted by Gasteiger charge is 2.38. The number of nitrogens with zero attached hydrogens (tertiary/aromatic N) is 4. The van der Waals surface area contributed by atoms with Crippen LogP contribution in [0.15, 0.2) is 29.3 Å². The molecule has 0 bridgehead atoms. The third-order valence-electron chi connectivity index (χ3n) is 7.71. The minimum Gasteiger partial charge on any atom is -0.356 e. The molecule has 4 heterocycles. The summed E-state index contributed by atoms with van der Waals surface area (Å²) in [5.41, 5.74) is 1.67. The molecule has 1 aliphatic carbocycles. The number of likely N-dealkylation sites (N-methyl/N-ethyl adjacent to an activating group) is 1. The van der Waals surface area contributed by atoms with Crippen LogP contribution in [0.25, 0.3) is 10.9 Å². The molecule has 3 aliphatic rings. The number of nitrogens with one attached hydrogen (secondary N) is 2. The number of H-pyrrole nitrogens is 1. The van der Waals surface area contributed by atoms with Crippen LogP contribution in [0.3, 0.4) is 0 Å². The number of benzene rings is 1. The fourth-order valence-electron chi connectivity index (χ4n) is 5.30. The Balaban J connectivity index is 0.00000323. The number of amides is 2. The number of halogens is 2. The van der Waals surface area contributed by atoms with Gasteiger partial charge in [-0.15, -0.1) is 23.7 Å². The molecule has 6 rings (SSSR count). The lowest BCUT2D eigenvalue weighted by Crippen LogP contribution is -2.57. The van der Waals surface area contributed by atoms with Crippen molar-refractivity contribution in [3.05, 3.63) is 44.9 Å². The molecular weight excluding hydrogens is 595 g/mol. The van der Waals surface area contributed by atoms with Gasteiger partial charge in [-0.3, -0.25) is 9.59 Å². The van der Waals surface area contributed by atoms with Crippen LogP contribution in [0.5, 0.6) is 0 Å². The van der Waals surface area contributed by atoms with Crippen LogP contribution < -0.4 is 5.32 Å². The molecule has 1 unspecified atom stereocenters. The third kappa shape index (κ3) is 5.88. The number of rotatable bonds is 7. The van der Waals surface area contributed by atoms with Crippen LogP contribution in [0.1, 0.15) is 39.6 Å². The molecule has 1 aromatic carbocycles. The molecule has 14 heteroatoms. The monoisotopic (exact) mass is 626 g/mol. The lowest BCUT2D eigenvalue weighted by molar-refractivity contribution is -0.122. The van der Waals surface area contributed by atoms with Gasteiger partial charge >= 0.3 is 0 Å². The molecule has 2 aromatic heterocycles. The maximum Gasteiger partial charge on any atom is 0.283 e. The second-order valence-corrected chi connectivity index (χ2v) is 14.0. The number of aromatic nitrogens is 2. The quantitative estimate of drug-likeness (QED) is 0.416. The highest BCUT2D eigenvalue weighted by atomic mass is 35.5. The maximum absolute atomic E-state index is 13.7. The van der Waals surface area contributed by atoms with Crippen LogP contribution in [0.4, 0.5) is 0 Å². The van der Waals surface area contributed by atoms with Crippen molar-refractivity contribution in [2.45, 2.75) is 43.3 Å². The van der Waals surface area contributed by atoms with Gasteiger partial charge < -0.3 is 20.1 Å². The maximum atomic E-state index is 13.7. The molecule has 2 fully saturated rings. The first kappa shape index (κ1) is 29.3. The molecule has 1 saturated heterocycles. The van der Waals surface area contributed by atoms with Crippen LogP contribution in [0.2, 0.25) is 5.02 Å². The summed E-state index contributed by atoms with van der Waals surface area (Å²) in [6.07, 6.45) is 3.08. The first-order chi connectivity index (χ1) is 18.7. The van der Waals surface area contributed by atoms with E-state index in [1.54, 1.807) is 29.2 Å². The van der Waals surface area contributed by atoms with E-state index in [4.69, 9.17) is 11.6 Å². The minimum atomic E-state index is -3.85. The molecule has 40 heavy (non-hydrogen) atoms. The highest BCUT2D eigenvalue weighted by molar-refractivity contribution is 7.89. The Hall–Kier alpha value is -2.22. The van der Waals surface area contributed by atoms with Gasteiger partial charge in [-0.05, 0) is 50.6 Å². The van der Waals surface area contributed by atoms with Gasteiger partial charge in [-0.25, -0.2) is 13.4 Å². The van der Waals surface area contributed by atoms with E-state index in [1.165, 1.54) is 15.6 Å². The van der Waals surface area contributed by atoms with E-state index in [0.29, 0.717) is 33.9 Å². The summed E-state index contributed by atoms with van der Waals surface area (Å²) >= 11 is 7.52. The van der Waals surface area contributed by atoms with E-state index in [2.05, 4.69) is 27.2 Å². The number of aromatic amines is 1. The fourth-order valence-corrected chi connectivity index (χ4v) is 8.11. The van der Waals surface area contributed by atoms with Crippen LogP contribution in [0, 0.1) is 5.92 Å². The van der Waals surface area contributed by atoms with Crippen LogP contribution in [-0.2, 0) is 27.8 Å². The molecule has 216 valence electrons. The standard InChI is InChI=1S/C26H31ClN6O4S2.ClH/c1-31-9-7-21-22(15-31)38-25(30-21)26(35)33-11-10-32(14-19(33)6-8-28-24(34)16-2-3-16)39(36,37)23-13-17-12-18(27)4-5-20(17)29-23;/h4-5,12-13,16,19,29H,2-3,6-11,14-15H2,1H3,(H,28,34);1H. The first-order valence-corrected chi connectivity index (χ1v) is 15.9. The van der Waals surface area contributed by atoms with Crippen molar-refractivity contribution < 1.29 is 18.0 Å². The van der Waals surface area contributed by atoms with Crippen molar-refractivity contribution in [3.63, 3.8) is 0 Å². The Morgan fingerprint density at radius 3 is 2.77 bits per heavy atom. The molecular formula is C26H32Cl2N6O4S2. The molecule has 2 amide bonds. The lowest BCUT2D eigenvalue weighted by atomic mass is 10.1. The smallest absolute Gasteiger partial charge is 0.283 e. The van der Waals surface area contributed by atoms with Crippen molar-refractivity contribution in [3.8, 4) is 0 Å². The predicted molar refractivity (Wildman–Crippen MR) is 157 cm³/mol. The molecule has 1 atom stereocenters. The number of carbonyl (C=O) groups excluding carboxylic acids is 2. The van der Waals surface area contributed by atoms with E-state index < -0.39 is 16.1 Å². The SMILES string of the molecule is CN1CCc2nc(C(=O)N3CCN(S(=O)(=O)c4cc5cc(Cl)ccc5[nH]4)CC3CCNC(=O)C3CC3)sc2C1.Cl. The van der Waals surface area contributed by atoms with Crippen molar-refractivity contribution in [2.24, 2.45) is 5.92 Å². The Labute approximate surface area is 248 Å². The largest absolute Gasteiger partial charge is 0.356 e. The van der Waals surface area contributed by atoms with Crippen LogP contribution >= 0.6 is 35.3 Å². The Kier molecular flexibility index (Phi) is 8.47. The summed E-state index contributed by atoms with van der Waals surface area (Å²) in [4.78, 5) is 38.6. The van der Waals surface area contributed by atoms with Gasteiger partial charge in [0.15, 0.2) is 5.01 Å². The molecule has 0 radical (unpaired) electrons. The third-order valence-corrected chi connectivity index (χ3v) is 10.8. The molecule has 2 aliphatic heterocycles. The number of hydrogen-bond acceptors (Lipinski definition) is 7. The summed E-state index contributed by atoms with van der Waals surface area (Å²) in [5.74, 6) is -0.0595. The summed E-state index contributed by atoms with van der Waals surface area (Å²) in [5, 5.41) is 4.75. The molecule has 1 saturated carbocycles. The van der Waals surface area contributed by atoms with Gasteiger partial charge in [0.25, 0.3) is 15.9 Å². The van der Waals surface area contributed by atoms with E-state index in [1.807, 2.05) is 0 Å². The zero-order valence-corrected chi connectivity index (χ0v) is 25.3. The first-order valence-electron chi connectivity index (χ1n) is 13.2. The number of carbonyl (C=O) groups is 2. The number of piperazine rings is 1. The van der Waals surface area contributed by atoms with E-state index in [0.717, 1.165) is 42.9 Å². The zero-order valence-electron chi connectivity index (χ0n) is 22.1. The number of sulfonamides is 1. The number of fused-ring (bicyclic) bond motifs is 2. The summed E-state index contributed by atoms with van der Waals surface area (Å²) in [6.45, 7) is 2.61. The van der Waals surface area contributed by atoms with Crippen molar-refractivity contribution in [1.29, 1.82) is 0 Å². The second-order valence-electron chi connectivity index (χ2n) is 10.6. The summed E-state index contributed by atoms with van der Waals surface area (Å²) in [6, 6.07) is 6.38. The van der Waals surface area contributed by atoms with E-state index in [9.17, 15) is 18.0 Å². The fraction of sp³-hybridized carbons (Fsp3) is 0.500. The average Bonchev–Trinajstić information content (AvgIpc) is 3.54. The Bertz CT molecular complexity index is 1540. The van der Waals surface area contributed by atoms with Gasteiger partial charge in [0, 0.05) is 78.5 Å². The molecule has 10 nitrogen and oxygen atoms in total. The van der Waals surface area contributed by atoms with Gasteiger partial charge in [0.2, 0.25) is 5.91 Å². The van der Waals surface area contributed by atoms with E-state index in [-0.39, 0.29) is 54.8 Å². The van der Waals surface area contributed by atoms with E-state index >= 15 is 0 Å².